The highest BCUT2D eigenvalue weighted by molar-refractivity contribution is 7.98. The molecule has 1 amide bonds. The summed E-state index contributed by atoms with van der Waals surface area (Å²) in [6.45, 7) is -0.329. The Labute approximate surface area is 163 Å². The molecular formula is C17H15ClN4O4S. The number of thioether (sulfide) groups is 1. The molecule has 140 valence electrons. The molecule has 3 aromatic rings. The number of halogens is 1. The fraction of sp³-hybridized carbons (Fsp3) is 0.176. The van der Waals surface area contributed by atoms with Gasteiger partial charge in [0.25, 0.3) is 5.91 Å². The van der Waals surface area contributed by atoms with Gasteiger partial charge in [0.15, 0.2) is 11.8 Å². The van der Waals surface area contributed by atoms with E-state index in [9.17, 15) is 9.59 Å². The van der Waals surface area contributed by atoms with Crippen molar-refractivity contribution in [3.05, 3.63) is 63.9 Å². The zero-order valence-electron chi connectivity index (χ0n) is 14.2. The molecule has 0 bridgehead atoms. The molecule has 0 unspecified atom stereocenters. The third kappa shape index (κ3) is 5.35. The zero-order valence-corrected chi connectivity index (χ0v) is 15.8. The van der Waals surface area contributed by atoms with Crippen molar-refractivity contribution >= 4 is 35.0 Å². The Morgan fingerprint density at radius 3 is 2.96 bits per heavy atom. The van der Waals surface area contributed by atoms with Crippen LogP contribution in [-0.2, 0) is 17.6 Å². The number of hydrogen-bond acceptors (Lipinski definition) is 7. The quantitative estimate of drug-likeness (QED) is 0.602. The summed E-state index contributed by atoms with van der Waals surface area (Å²) >= 11 is 7.24. The molecule has 0 saturated carbocycles. The number of benzene rings is 1. The second-order valence-corrected chi connectivity index (χ2v) is 6.81. The third-order valence-electron chi connectivity index (χ3n) is 3.33. The number of aromatic nitrogens is 3. The summed E-state index contributed by atoms with van der Waals surface area (Å²) in [5, 5.41) is 11.5. The van der Waals surface area contributed by atoms with Gasteiger partial charge in [0.2, 0.25) is 11.2 Å². The van der Waals surface area contributed by atoms with E-state index < -0.39 is 5.91 Å². The second kappa shape index (κ2) is 8.74. The normalized spacial score (nSPS) is 10.6. The Bertz CT molecular complexity index is 1000. The largest absolute Gasteiger partial charge is 0.477 e. The summed E-state index contributed by atoms with van der Waals surface area (Å²) in [6, 6.07) is 8.04. The molecule has 0 spiro atoms. The SMILES string of the molecule is Cn1cnnc1SCc1cc(=O)c(OCC(=O)Nc2cccc(Cl)c2)co1. The molecule has 1 aromatic carbocycles. The van der Waals surface area contributed by atoms with Crippen LogP contribution in [-0.4, -0.2) is 27.3 Å². The van der Waals surface area contributed by atoms with E-state index in [1.807, 2.05) is 7.05 Å². The van der Waals surface area contributed by atoms with E-state index in [0.717, 1.165) is 0 Å². The maximum absolute atomic E-state index is 12.1. The number of amides is 1. The van der Waals surface area contributed by atoms with Crippen molar-refractivity contribution in [2.24, 2.45) is 7.05 Å². The van der Waals surface area contributed by atoms with Crippen LogP contribution in [0.15, 0.2) is 57.3 Å². The molecule has 0 aliphatic heterocycles. The van der Waals surface area contributed by atoms with E-state index in [1.54, 1.807) is 35.2 Å². The fourth-order valence-corrected chi connectivity index (χ4v) is 3.03. The number of carbonyl (C=O) groups is 1. The highest BCUT2D eigenvalue weighted by atomic mass is 35.5. The average molecular weight is 407 g/mol. The highest BCUT2D eigenvalue weighted by Crippen LogP contribution is 2.20. The van der Waals surface area contributed by atoms with Gasteiger partial charge in [-0.25, -0.2) is 0 Å². The molecule has 0 atom stereocenters. The molecule has 0 aliphatic carbocycles. The highest BCUT2D eigenvalue weighted by Gasteiger charge is 2.10. The zero-order chi connectivity index (χ0) is 19.2. The van der Waals surface area contributed by atoms with Crippen LogP contribution in [0.3, 0.4) is 0 Å². The molecular weight excluding hydrogens is 392 g/mol. The van der Waals surface area contributed by atoms with Gasteiger partial charge >= 0.3 is 0 Å². The summed E-state index contributed by atoms with van der Waals surface area (Å²) in [5.41, 5.74) is 0.171. The molecule has 8 nitrogen and oxygen atoms in total. The predicted octanol–water partition coefficient (Wildman–Crippen LogP) is 2.73. The van der Waals surface area contributed by atoms with Gasteiger partial charge in [0.05, 0.1) is 5.75 Å². The van der Waals surface area contributed by atoms with E-state index in [0.29, 0.717) is 27.4 Å². The summed E-state index contributed by atoms with van der Waals surface area (Å²) < 4.78 is 12.4. The lowest BCUT2D eigenvalue weighted by atomic mass is 10.3. The minimum Gasteiger partial charge on any atom is -0.477 e. The standard InChI is InChI=1S/C17H15ClN4O4S/c1-22-10-19-21-17(22)27-9-13-6-14(23)15(7-25-13)26-8-16(24)20-12-4-2-3-11(18)5-12/h2-7,10H,8-9H2,1H3,(H,20,24). The maximum atomic E-state index is 12.1. The van der Waals surface area contributed by atoms with Crippen LogP contribution in [0.4, 0.5) is 5.69 Å². The Kier molecular flexibility index (Phi) is 6.15. The van der Waals surface area contributed by atoms with Crippen LogP contribution >= 0.6 is 23.4 Å². The summed E-state index contributed by atoms with van der Waals surface area (Å²) in [4.78, 5) is 24.0. The lowest BCUT2D eigenvalue weighted by Crippen LogP contribution is -2.22. The summed E-state index contributed by atoms with van der Waals surface area (Å²) in [6.07, 6.45) is 2.78. The first-order chi connectivity index (χ1) is 13.0. The van der Waals surface area contributed by atoms with E-state index in [-0.39, 0.29) is 17.8 Å². The number of rotatable bonds is 7. The van der Waals surface area contributed by atoms with Crippen LogP contribution in [0.1, 0.15) is 5.76 Å². The van der Waals surface area contributed by atoms with Gasteiger partial charge in [0.1, 0.15) is 18.4 Å². The fourth-order valence-electron chi connectivity index (χ4n) is 2.07. The number of anilines is 1. The minimum atomic E-state index is -0.418. The van der Waals surface area contributed by atoms with Gasteiger partial charge in [0, 0.05) is 23.8 Å². The topological polar surface area (TPSA) is 99.3 Å². The third-order valence-corrected chi connectivity index (χ3v) is 4.62. The molecule has 0 fully saturated rings. The van der Waals surface area contributed by atoms with Gasteiger partial charge in [-0.3, -0.25) is 9.59 Å². The number of nitrogens with zero attached hydrogens (tertiary/aromatic N) is 3. The molecule has 1 N–H and O–H groups in total. The number of aryl methyl sites for hydroxylation is 1. The van der Waals surface area contributed by atoms with Crippen molar-refractivity contribution in [3.63, 3.8) is 0 Å². The van der Waals surface area contributed by atoms with E-state index in [1.165, 1.54) is 24.1 Å². The Morgan fingerprint density at radius 1 is 1.41 bits per heavy atom. The van der Waals surface area contributed by atoms with Crippen LogP contribution in [0.2, 0.25) is 5.02 Å². The van der Waals surface area contributed by atoms with Crippen molar-refractivity contribution in [2.75, 3.05) is 11.9 Å². The van der Waals surface area contributed by atoms with Crippen LogP contribution < -0.4 is 15.5 Å². The van der Waals surface area contributed by atoms with Gasteiger partial charge < -0.3 is 19.0 Å². The first-order valence-electron chi connectivity index (χ1n) is 7.78. The van der Waals surface area contributed by atoms with Gasteiger partial charge in [-0.15, -0.1) is 10.2 Å². The van der Waals surface area contributed by atoms with Crippen molar-refractivity contribution in [1.82, 2.24) is 14.8 Å². The number of carbonyl (C=O) groups excluding carboxylic acids is 1. The van der Waals surface area contributed by atoms with Crippen molar-refractivity contribution in [3.8, 4) is 5.75 Å². The molecule has 27 heavy (non-hydrogen) atoms. The minimum absolute atomic E-state index is 0.0383. The van der Waals surface area contributed by atoms with Crippen molar-refractivity contribution in [2.45, 2.75) is 10.9 Å². The van der Waals surface area contributed by atoms with Crippen molar-refractivity contribution in [1.29, 1.82) is 0 Å². The summed E-state index contributed by atoms with van der Waals surface area (Å²) in [7, 11) is 1.82. The number of ether oxygens (including phenoxy) is 1. The first-order valence-corrected chi connectivity index (χ1v) is 9.14. The van der Waals surface area contributed by atoms with Gasteiger partial charge in [-0.1, -0.05) is 29.4 Å². The monoisotopic (exact) mass is 406 g/mol. The summed E-state index contributed by atoms with van der Waals surface area (Å²) in [5.74, 6) is 0.420. The van der Waals surface area contributed by atoms with Crippen LogP contribution in [0, 0.1) is 0 Å². The molecule has 0 saturated heterocycles. The second-order valence-electron chi connectivity index (χ2n) is 5.44. The number of nitrogens with one attached hydrogen (secondary N) is 1. The van der Waals surface area contributed by atoms with Crippen LogP contribution in [0.25, 0.3) is 0 Å². The van der Waals surface area contributed by atoms with Crippen LogP contribution in [0.5, 0.6) is 5.75 Å². The number of hydrogen-bond donors (Lipinski definition) is 1. The molecule has 2 heterocycles. The Morgan fingerprint density at radius 2 is 2.26 bits per heavy atom. The lowest BCUT2D eigenvalue weighted by Gasteiger charge is -2.07. The average Bonchev–Trinajstić information content (AvgIpc) is 3.04. The van der Waals surface area contributed by atoms with Gasteiger partial charge in [-0.2, -0.15) is 0 Å². The molecule has 10 heteroatoms. The molecule has 3 rings (SSSR count). The van der Waals surface area contributed by atoms with E-state index >= 15 is 0 Å². The lowest BCUT2D eigenvalue weighted by molar-refractivity contribution is -0.118. The first kappa shape index (κ1) is 19.0. The van der Waals surface area contributed by atoms with E-state index in [2.05, 4.69) is 15.5 Å². The van der Waals surface area contributed by atoms with Gasteiger partial charge in [-0.05, 0) is 18.2 Å². The molecule has 0 aliphatic rings. The Hall–Kier alpha value is -2.78. The Balaban J connectivity index is 1.54. The smallest absolute Gasteiger partial charge is 0.262 e. The molecule has 2 aromatic heterocycles. The maximum Gasteiger partial charge on any atom is 0.262 e. The predicted molar refractivity (Wildman–Crippen MR) is 101 cm³/mol. The van der Waals surface area contributed by atoms with E-state index in [4.69, 9.17) is 20.8 Å². The van der Waals surface area contributed by atoms with Crippen molar-refractivity contribution < 1.29 is 13.9 Å². The molecule has 0 radical (unpaired) electrons.